The number of nitrogens with one attached hydrogen (secondary N) is 1. The maximum atomic E-state index is 12.2. The molecule has 0 saturated carbocycles. The third-order valence-electron chi connectivity index (χ3n) is 2.34. The highest BCUT2D eigenvalue weighted by atomic mass is 79.9. The number of rotatable bonds is 4. The van der Waals surface area contributed by atoms with E-state index in [1.807, 2.05) is 0 Å². The smallest absolute Gasteiger partial charge is 0.265 e. The van der Waals surface area contributed by atoms with E-state index in [1.54, 1.807) is 6.07 Å². The zero-order valence-electron chi connectivity index (χ0n) is 10.4. The molecule has 0 bridgehead atoms. The summed E-state index contributed by atoms with van der Waals surface area (Å²) in [4.78, 5) is 7.59. The third kappa shape index (κ3) is 3.17. The van der Waals surface area contributed by atoms with Crippen molar-refractivity contribution in [3.63, 3.8) is 0 Å². The Bertz CT molecular complexity index is 719. The van der Waals surface area contributed by atoms with Crippen molar-refractivity contribution in [1.82, 2.24) is 9.97 Å². The second-order valence-corrected chi connectivity index (χ2v) is 6.30. The fourth-order valence-electron chi connectivity index (χ4n) is 1.42. The van der Waals surface area contributed by atoms with Crippen LogP contribution in [0.4, 0.5) is 11.5 Å². The molecule has 7 nitrogen and oxygen atoms in total. The summed E-state index contributed by atoms with van der Waals surface area (Å²) >= 11 is 3.15. The normalized spacial score (nSPS) is 11.1. The summed E-state index contributed by atoms with van der Waals surface area (Å²) in [6.07, 6.45) is 2.77. The van der Waals surface area contributed by atoms with Gasteiger partial charge in [0.15, 0.2) is 0 Å². The minimum atomic E-state index is -3.83. The Morgan fingerprint density at radius 1 is 1.30 bits per heavy atom. The number of aromatic nitrogens is 2. The van der Waals surface area contributed by atoms with Crippen LogP contribution in [0.1, 0.15) is 0 Å². The van der Waals surface area contributed by atoms with Gasteiger partial charge in [0.1, 0.15) is 10.7 Å². The van der Waals surface area contributed by atoms with Gasteiger partial charge in [0, 0.05) is 16.7 Å². The molecule has 0 saturated heterocycles. The van der Waals surface area contributed by atoms with Gasteiger partial charge in [0.05, 0.1) is 19.0 Å². The molecule has 2 aromatic rings. The maximum absolute atomic E-state index is 12.2. The van der Waals surface area contributed by atoms with Gasteiger partial charge in [-0.3, -0.25) is 4.72 Å². The summed E-state index contributed by atoms with van der Waals surface area (Å²) in [5.41, 5.74) is 5.88. The molecule has 0 amide bonds. The van der Waals surface area contributed by atoms with Gasteiger partial charge in [-0.25, -0.2) is 18.4 Å². The van der Waals surface area contributed by atoms with Crippen LogP contribution in [0.5, 0.6) is 5.88 Å². The van der Waals surface area contributed by atoms with Crippen LogP contribution in [0.15, 0.2) is 40.0 Å². The van der Waals surface area contributed by atoms with Crippen molar-refractivity contribution in [3.8, 4) is 5.88 Å². The zero-order valence-corrected chi connectivity index (χ0v) is 12.8. The first-order valence-corrected chi connectivity index (χ1v) is 7.64. The van der Waals surface area contributed by atoms with E-state index in [0.717, 1.165) is 0 Å². The van der Waals surface area contributed by atoms with E-state index in [2.05, 4.69) is 30.6 Å². The second kappa shape index (κ2) is 5.63. The fraction of sp³-hybridized carbons (Fsp3) is 0.0909. The van der Waals surface area contributed by atoms with Gasteiger partial charge < -0.3 is 10.5 Å². The highest BCUT2D eigenvalue weighted by Crippen LogP contribution is 2.23. The lowest BCUT2D eigenvalue weighted by Gasteiger charge is -2.10. The third-order valence-corrected chi connectivity index (χ3v) is 4.18. The predicted molar refractivity (Wildman–Crippen MR) is 77.9 cm³/mol. The van der Waals surface area contributed by atoms with Gasteiger partial charge in [-0.15, -0.1) is 0 Å². The van der Waals surface area contributed by atoms with E-state index in [0.29, 0.717) is 16.0 Å². The Kier molecular flexibility index (Phi) is 4.09. The topological polar surface area (TPSA) is 107 Å². The van der Waals surface area contributed by atoms with Crippen molar-refractivity contribution in [2.45, 2.75) is 4.90 Å². The van der Waals surface area contributed by atoms with Crippen LogP contribution < -0.4 is 15.2 Å². The first-order valence-electron chi connectivity index (χ1n) is 5.36. The number of halogens is 1. The SMILES string of the molecule is COc1ccc(NS(=O)(=O)c2cc(Br)cnc2N)cn1. The van der Waals surface area contributed by atoms with Gasteiger partial charge in [0.25, 0.3) is 10.0 Å². The van der Waals surface area contributed by atoms with Gasteiger partial charge in [-0.1, -0.05) is 0 Å². The molecule has 0 radical (unpaired) electrons. The maximum Gasteiger partial charge on any atom is 0.265 e. The number of anilines is 2. The Balaban J connectivity index is 2.32. The number of methoxy groups -OCH3 is 1. The summed E-state index contributed by atoms with van der Waals surface area (Å²) in [5.74, 6) is 0.304. The minimum absolute atomic E-state index is 0.0813. The number of nitrogen functional groups attached to an aromatic ring is 1. The Labute approximate surface area is 124 Å². The first-order chi connectivity index (χ1) is 9.42. The van der Waals surface area contributed by atoms with E-state index in [-0.39, 0.29) is 10.7 Å². The van der Waals surface area contributed by atoms with Crippen LogP contribution in [-0.2, 0) is 10.0 Å². The number of hydrogen-bond acceptors (Lipinski definition) is 6. The van der Waals surface area contributed by atoms with E-state index >= 15 is 0 Å². The van der Waals surface area contributed by atoms with E-state index in [1.165, 1.54) is 31.6 Å². The summed E-state index contributed by atoms with van der Waals surface area (Å²) in [5, 5.41) is 0. The van der Waals surface area contributed by atoms with E-state index in [9.17, 15) is 8.42 Å². The molecular formula is C11H11BrN4O3S. The van der Waals surface area contributed by atoms with Crippen molar-refractivity contribution in [2.24, 2.45) is 0 Å². The van der Waals surface area contributed by atoms with Crippen molar-refractivity contribution in [2.75, 3.05) is 17.6 Å². The van der Waals surface area contributed by atoms with Gasteiger partial charge in [-0.05, 0) is 28.1 Å². The molecule has 3 N–H and O–H groups in total. The van der Waals surface area contributed by atoms with Crippen LogP contribution in [0.3, 0.4) is 0 Å². The monoisotopic (exact) mass is 358 g/mol. The van der Waals surface area contributed by atoms with Crippen LogP contribution in [0, 0.1) is 0 Å². The molecule has 0 aliphatic rings. The molecule has 9 heteroatoms. The molecular weight excluding hydrogens is 348 g/mol. The van der Waals surface area contributed by atoms with Crippen molar-refractivity contribution in [3.05, 3.63) is 35.1 Å². The molecule has 106 valence electrons. The van der Waals surface area contributed by atoms with Crippen molar-refractivity contribution in [1.29, 1.82) is 0 Å². The average Bonchev–Trinajstić information content (AvgIpc) is 2.42. The largest absolute Gasteiger partial charge is 0.481 e. The predicted octanol–water partition coefficient (Wildman–Crippen LogP) is 1.63. The number of ether oxygens (including phenoxy) is 1. The minimum Gasteiger partial charge on any atom is -0.481 e. The Hall–Kier alpha value is -1.87. The molecule has 0 spiro atoms. The molecule has 2 heterocycles. The van der Waals surface area contributed by atoms with Crippen LogP contribution in [0.2, 0.25) is 0 Å². The molecule has 0 fully saturated rings. The molecule has 0 aromatic carbocycles. The van der Waals surface area contributed by atoms with E-state index in [4.69, 9.17) is 10.5 Å². The van der Waals surface area contributed by atoms with Crippen LogP contribution in [0.25, 0.3) is 0 Å². The van der Waals surface area contributed by atoms with Gasteiger partial charge in [-0.2, -0.15) is 0 Å². The van der Waals surface area contributed by atoms with Crippen molar-refractivity contribution < 1.29 is 13.2 Å². The zero-order chi connectivity index (χ0) is 14.8. The average molecular weight is 359 g/mol. The molecule has 0 atom stereocenters. The molecule has 0 aliphatic heterocycles. The summed E-state index contributed by atoms with van der Waals surface area (Å²) in [7, 11) is -2.36. The van der Waals surface area contributed by atoms with E-state index < -0.39 is 10.0 Å². The first kappa shape index (κ1) is 14.5. The molecule has 2 aromatic heterocycles. The van der Waals surface area contributed by atoms with Crippen LogP contribution >= 0.6 is 15.9 Å². The highest BCUT2D eigenvalue weighted by Gasteiger charge is 2.19. The molecule has 20 heavy (non-hydrogen) atoms. The lowest BCUT2D eigenvalue weighted by molar-refractivity contribution is 0.398. The number of pyridine rings is 2. The van der Waals surface area contributed by atoms with Gasteiger partial charge in [0.2, 0.25) is 5.88 Å². The summed E-state index contributed by atoms with van der Waals surface area (Å²) in [6, 6.07) is 4.45. The lowest BCUT2D eigenvalue weighted by atomic mass is 10.4. The van der Waals surface area contributed by atoms with Crippen LogP contribution in [-0.4, -0.2) is 25.5 Å². The number of hydrogen-bond donors (Lipinski definition) is 2. The highest BCUT2D eigenvalue weighted by molar-refractivity contribution is 9.10. The lowest BCUT2D eigenvalue weighted by Crippen LogP contribution is -2.15. The second-order valence-electron chi connectivity index (χ2n) is 3.73. The standard InChI is InChI=1S/C11H11BrN4O3S/c1-19-10-3-2-8(6-14-10)16-20(17,18)9-4-7(12)5-15-11(9)13/h2-6,16H,1H3,(H2,13,15). The Morgan fingerprint density at radius 2 is 2.05 bits per heavy atom. The summed E-state index contributed by atoms with van der Waals surface area (Å²) < 4.78 is 32.2. The summed E-state index contributed by atoms with van der Waals surface area (Å²) in [6.45, 7) is 0. The molecule has 0 aliphatic carbocycles. The number of sulfonamides is 1. The fourth-order valence-corrected chi connectivity index (χ4v) is 3.05. The van der Waals surface area contributed by atoms with Gasteiger partial charge >= 0.3 is 0 Å². The van der Waals surface area contributed by atoms with Crippen molar-refractivity contribution >= 4 is 37.5 Å². The number of nitrogens with two attached hydrogens (primary N) is 1. The molecule has 0 unspecified atom stereocenters. The Morgan fingerprint density at radius 3 is 2.65 bits per heavy atom. The number of nitrogens with zero attached hydrogens (tertiary/aromatic N) is 2. The quantitative estimate of drug-likeness (QED) is 0.859. The molecule has 2 rings (SSSR count).